The third kappa shape index (κ3) is 5.04. The number of halogens is 1. The molecule has 1 aromatic rings. The van der Waals surface area contributed by atoms with E-state index in [1.165, 1.54) is 0 Å². The molecule has 0 saturated carbocycles. The molecule has 5 nitrogen and oxygen atoms in total. The SMILES string of the molecule is CCC(Cc1cccc(Br)c1)C(=O)N1CCOCC1CC(=O)O. The van der Waals surface area contributed by atoms with E-state index < -0.39 is 5.97 Å². The smallest absolute Gasteiger partial charge is 0.305 e. The summed E-state index contributed by atoms with van der Waals surface area (Å²) in [5, 5.41) is 9.03. The Bertz CT molecular complexity index is 563. The van der Waals surface area contributed by atoms with Crippen molar-refractivity contribution in [3.8, 4) is 0 Å². The van der Waals surface area contributed by atoms with E-state index in [-0.39, 0.29) is 24.3 Å². The van der Waals surface area contributed by atoms with Gasteiger partial charge in [0.25, 0.3) is 0 Å². The standard InChI is InChI=1S/C17H22BrNO4/c1-2-13(8-12-4-3-5-14(18)9-12)17(22)19-6-7-23-11-15(19)10-16(20)21/h3-5,9,13,15H,2,6-8,10-11H2,1H3,(H,20,21). The Hall–Kier alpha value is -1.40. The Kier molecular flexibility index (Phi) is 6.59. The maximum atomic E-state index is 12.9. The largest absolute Gasteiger partial charge is 0.481 e. The molecule has 2 atom stereocenters. The molecule has 1 aliphatic heterocycles. The normalized spacial score (nSPS) is 19.4. The van der Waals surface area contributed by atoms with Gasteiger partial charge in [0.2, 0.25) is 5.91 Å². The van der Waals surface area contributed by atoms with Gasteiger partial charge in [-0.1, -0.05) is 35.0 Å². The highest BCUT2D eigenvalue weighted by molar-refractivity contribution is 9.10. The average molecular weight is 384 g/mol. The molecule has 2 unspecified atom stereocenters. The zero-order chi connectivity index (χ0) is 16.8. The van der Waals surface area contributed by atoms with Crippen molar-refractivity contribution < 1.29 is 19.4 Å². The Balaban J connectivity index is 2.09. The van der Waals surface area contributed by atoms with Crippen molar-refractivity contribution in [1.82, 2.24) is 4.90 Å². The topological polar surface area (TPSA) is 66.8 Å². The van der Waals surface area contributed by atoms with Crippen molar-refractivity contribution in [3.63, 3.8) is 0 Å². The van der Waals surface area contributed by atoms with Crippen molar-refractivity contribution in [3.05, 3.63) is 34.3 Å². The first-order valence-corrected chi connectivity index (χ1v) is 8.65. The fraction of sp³-hybridized carbons (Fsp3) is 0.529. The number of rotatable bonds is 6. The van der Waals surface area contributed by atoms with E-state index in [1.807, 2.05) is 31.2 Å². The lowest BCUT2D eigenvalue weighted by atomic mass is 9.94. The van der Waals surface area contributed by atoms with Gasteiger partial charge in [0.1, 0.15) is 0 Å². The number of morpholine rings is 1. The summed E-state index contributed by atoms with van der Waals surface area (Å²) < 4.78 is 6.34. The van der Waals surface area contributed by atoms with Gasteiger partial charge < -0.3 is 14.7 Å². The summed E-state index contributed by atoms with van der Waals surface area (Å²) in [7, 11) is 0. The third-order valence-electron chi connectivity index (χ3n) is 4.13. The predicted molar refractivity (Wildman–Crippen MR) is 90.2 cm³/mol. The van der Waals surface area contributed by atoms with Crippen LogP contribution in [-0.4, -0.2) is 47.7 Å². The minimum Gasteiger partial charge on any atom is -0.481 e. The Labute approximate surface area is 144 Å². The highest BCUT2D eigenvalue weighted by atomic mass is 79.9. The molecule has 1 amide bonds. The van der Waals surface area contributed by atoms with E-state index in [9.17, 15) is 9.59 Å². The molecule has 23 heavy (non-hydrogen) atoms. The Morgan fingerprint density at radius 2 is 2.26 bits per heavy atom. The molecule has 0 aromatic heterocycles. The van der Waals surface area contributed by atoms with Gasteiger partial charge in [-0.15, -0.1) is 0 Å². The summed E-state index contributed by atoms with van der Waals surface area (Å²) in [5.41, 5.74) is 1.10. The van der Waals surface area contributed by atoms with Crippen LogP contribution in [0.4, 0.5) is 0 Å². The first kappa shape index (κ1) is 17.9. The number of amides is 1. The monoisotopic (exact) mass is 383 g/mol. The molecular weight excluding hydrogens is 362 g/mol. The number of nitrogens with zero attached hydrogens (tertiary/aromatic N) is 1. The van der Waals surface area contributed by atoms with Gasteiger partial charge in [0.05, 0.1) is 25.7 Å². The quantitative estimate of drug-likeness (QED) is 0.819. The number of carbonyl (C=O) groups is 2. The molecule has 1 aromatic carbocycles. The van der Waals surface area contributed by atoms with Crippen LogP contribution in [-0.2, 0) is 20.7 Å². The van der Waals surface area contributed by atoms with Crippen LogP contribution in [0.2, 0.25) is 0 Å². The summed E-state index contributed by atoms with van der Waals surface area (Å²) >= 11 is 3.45. The third-order valence-corrected chi connectivity index (χ3v) is 4.63. The van der Waals surface area contributed by atoms with Gasteiger partial charge in [0.15, 0.2) is 0 Å². The molecular formula is C17H22BrNO4. The van der Waals surface area contributed by atoms with Gasteiger partial charge >= 0.3 is 5.97 Å². The lowest BCUT2D eigenvalue weighted by molar-refractivity contribution is -0.149. The van der Waals surface area contributed by atoms with Crippen LogP contribution < -0.4 is 0 Å². The fourth-order valence-corrected chi connectivity index (χ4v) is 3.35. The predicted octanol–water partition coefficient (Wildman–Crippen LogP) is 2.72. The Morgan fingerprint density at radius 3 is 2.91 bits per heavy atom. The average Bonchev–Trinajstić information content (AvgIpc) is 2.52. The number of ether oxygens (including phenoxy) is 1. The van der Waals surface area contributed by atoms with Crippen LogP contribution in [0.25, 0.3) is 0 Å². The van der Waals surface area contributed by atoms with E-state index >= 15 is 0 Å². The summed E-state index contributed by atoms with van der Waals surface area (Å²) in [6, 6.07) is 7.57. The highest BCUT2D eigenvalue weighted by Gasteiger charge is 2.32. The van der Waals surface area contributed by atoms with E-state index in [0.29, 0.717) is 26.2 Å². The minimum atomic E-state index is -0.904. The molecule has 126 valence electrons. The zero-order valence-corrected chi connectivity index (χ0v) is 14.8. The Morgan fingerprint density at radius 1 is 1.48 bits per heavy atom. The number of carboxylic acid groups (broad SMARTS) is 1. The van der Waals surface area contributed by atoms with Gasteiger partial charge in [-0.3, -0.25) is 9.59 Å². The molecule has 1 fully saturated rings. The van der Waals surface area contributed by atoms with Crippen LogP contribution in [0.3, 0.4) is 0 Å². The highest BCUT2D eigenvalue weighted by Crippen LogP contribution is 2.21. The van der Waals surface area contributed by atoms with Crippen molar-refractivity contribution in [1.29, 1.82) is 0 Å². The number of carbonyl (C=O) groups excluding carboxylic acids is 1. The van der Waals surface area contributed by atoms with Crippen LogP contribution in [0.5, 0.6) is 0 Å². The molecule has 0 bridgehead atoms. The van der Waals surface area contributed by atoms with Crippen molar-refractivity contribution in [2.24, 2.45) is 5.92 Å². The van der Waals surface area contributed by atoms with Crippen molar-refractivity contribution >= 4 is 27.8 Å². The number of aliphatic carboxylic acids is 1. The van der Waals surface area contributed by atoms with Gasteiger partial charge in [0, 0.05) is 16.9 Å². The second kappa shape index (κ2) is 8.45. The molecule has 0 radical (unpaired) electrons. The van der Waals surface area contributed by atoms with E-state index in [1.54, 1.807) is 4.90 Å². The summed E-state index contributed by atoms with van der Waals surface area (Å²) in [5.74, 6) is -1.01. The number of hydrogen-bond donors (Lipinski definition) is 1. The molecule has 1 aliphatic rings. The summed E-state index contributed by atoms with van der Waals surface area (Å²) in [6.45, 7) is 3.22. The van der Waals surface area contributed by atoms with E-state index in [0.717, 1.165) is 16.5 Å². The molecule has 0 aliphatic carbocycles. The zero-order valence-electron chi connectivity index (χ0n) is 13.2. The molecule has 1 heterocycles. The van der Waals surface area contributed by atoms with E-state index in [2.05, 4.69) is 15.9 Å². The lowest BCUT2D eigenvalue weighted by Crippen LogP contribution is -2.51. The molecule has 2 rings (SSSR count). The van der Waals surface area contributed by atoms with Gasteiger partial charge in [-0.25, -0.2) is 0 Å². The van der Waals surface area contributed by atoms with Crippen LogP contribution >= 0.6 is 15.9 Å². The van der Waals surface area contributed by atoms with Crippen LogP contribution in [0.15, 0.2) is 28.7 Å². The van der Waals surface area contributed by atoms with Crippen LogP contribution in [0, 0.1) is 5.92 Å². The van der Waals surface area contributed by atoms with Gasteiger partial charge in [-0.05, 0) is 30.5 Å². The fourth-order valence-electron chi connectivity index (χ4n) is 2.90. The lowest BCUT2D eigenvalue weighted by Gasteiger charge is -2.37. The van der Waals surface area contributed by atoms with Crippen molar-refractivity contribution in [2.75, 3.05) is 19.8 Å². The number of benzene rings is 1. The summed E-state index contributed by atoms with van der Waals surface area (Å²) in [4.78, 5) is 25.6. The minimum absolute atomic E-state index is 0.0297. The van der Waals surface area contributed by atoms with Crippen LogP contribution in [0.1, 0.15) is 25.3 Å². The first-order chi connectivity index (χ1) is 11.0. The molecule has 6 heteroatoms. The molecule has 1 saturated heterocycles. The molecule has 0 spiro atoms. The molecule has 1 N–H and O–H groups in total. The second-order valence-corrected chi connectivity index (χ2v) is 6.71. The van der Waals surface area contributed by atoms with Gasteiger partial charge in [-0.2, -0.15) is 0 Å². The second-order valence-electron chi connectivity index (χ2n) is 5.80. The maximum Gasteiger partial charge on any atom is 0.305 e. The first-order valence-electron chi connectivity index (χ1n) is 7.85. The number of hydrogen-bond acceptors (Lipinski definition) is 3. The van der Waals surface area contributed by atoms with Crippen molar-refractivity contribution in [2.45, 2.75) is 32.2 Å². The maximum absolute atomic E-state index is 12.9. The summed E-state index contributed by atoms with van der Waals surface area (Å²) in [6.07, 6.45) is 1.31. The van der Waals surface area contributed by atoms with E-state index in [4.69, 9.17) is 9.84 Å². The number of carboxylic acids is 1.